The SMILES string of the molecule is CCCNC(=O)CCNC(=O)c1ccc(N)cc1. The molecule has 0 aliphatic carbocycles. The maximum Gasteiger partial charge on any atom is 0.251 e. The fourth-order valence-corrected chi connectivity index (χ4v) is 1.38. The molecule has 0 aromatic heterocycles. The summed E-state index contributed by atoms with van der Waals surface area (Å²) in [6.45, 7) is 2.99. The number of amides is 2. The summed E-state index contributed by atoms with van der Waals surface area (Å²) in [6, 6.07) is 6.65. The Kier molecular flexibility index (Phi) is 5.70. The molecule has 0 fully saturated rings. The van der Waals surface area contributed by atoms with Crippen LogP contribution in [0.5, 0.6) is 0 Å². The Morgan fingerprint density at radius 1 is 1.11 bits per heavy atom. The quantitative estimate of drug-likeness (QED) is 0.655. The summed E-state index contributed by atoms with van der Waals surface area (Å²) in [5, 5.41) is 5.43. The molecule has 4 N–H and O–H groups in total. The zero-order chi connectivity index (χ0) is 13.4. The zero-order valence-corrected chi connectivity index (χ0v) is 10.5. The minimum absolute atomic E-state index is 0.0468. The van der Waals surface area contributed by atoms with E-state index in [1.54, 1.807) is 24.3 Å². The molecular formula is C13H19N3O2. The third kappa shape index (κ3) is 4.86. The fraction of sp³-hybridized carbons (Fsp3) is 0.385. The number of hydrogen-bond donors (Lipinski definition) is 3. The molecule has 0 heterocycles. The molecule has 0 saturated heterocycles. The lowest BCUT2D eigenvalue weighted by Gasteiger charge is -2.06. The van der Waals surface area contributed by atoms with Crippen LogP contribution in [-0.2, 0) is 4.79 Å². The molecule has 1 aromatic carbocycles. The summed E-state index contributed by atoms with van der Waals surface area (Å²) in [6.07, 6.45) is 1.20. The van der Waals surface area contributed by atoms with Crippen molar-refractivity contribution in [2.45, 2.75) is 19.8 Å². The maximum absolute atomic E-state index is 11.7. The van der Waals surface area contributed by atoms with Crippen LogP contribution in [0.2, 0.25) is 0 Å². The van der Waals surface area contributed by atoms with Gasteiger partial charge in [0.15, 0.2) is 0 Å². The smallest absolute Gasteiger partial charge is 0.251 e. The molecule has 18 heavy (non-hydrogen) atoms. The molecule has 0 bridgehead atoms. The Hall–Kier alpha value is -2.04. The van der Waals surface area contributed by atoms with Gasteiger partial charge in [0, 0.05) is 30.8 Å². The molecule has 1 rings (SSSR count). The highest BCUT2D eigenvalue weighted by Gasteiger charge is 2.05. The van der Waals surface area contributed by atoms with Crippen LogP contribution in [0, 0.1) is 0 Å². The summed E-state index contributed by atoms with van der Waals surface area (Å²) in [5.41, 5.74) is 6.68. The van der Waals surface area contributed by atoms with E-state index >= 15 is 0 Å². The van der Waals surface area contributed by atoms with Crippen LogP contribution in [0.15, 0.2) is 24.3 Å². The summed E-state index contributed by atoms with van der Waals surface area (Å²) in [4.78, 5) is 23.0. The lowest BCUT2D eigenvalue weighted by atomic mass is 10.2. The zero-order valence-electron chi connectivity index (χ0n) is 10.5. The average Bonchev–Trinajstić information content (AvgIpc) is 2.37. The van der Waals surface area contributed by atoms with Crippen molar-refractivity contribution in [2.75, 3.05) is 18.8 Å². The Morgan fingerprint density at radius 3 is 2.39 bits per heavy atom. The Labute approximate surface area is 107 Å². The van der Waals surface area contributed by atoms with Crippen LogP contribution >= 0.6 is 0 Å². The first-order valence-corrected chi connectivity index (χ1v) is 6.04. The monoisotopic (exact) mass is 249 g/mol. The van der Waals surface area contributed by atoms with E-state index in [1.165, 1.54) is 0 Å². The second kappa shape index (κ2) is 7.32. The Morgan fingerprint density at radius 2 is 1.78 bits per heavy atom. The third-order valence-corrected chi connectivity index (χ3v) is 2.38. The molecule has 1 aromatic rings. The van der Waals surface area contributed by atoms with Crippen LogP contribution < -0.4 is 16.4 Å². The van der Waals surface area contributed by atoms with Gasteiger partial charge in [-0.05, 0) is 30.7 Å². The topological polar surface area (TPSA) is 84.2 Å². The first-order chi connectivity index (χ1) is 8.63. The van der Waals surface area contributed by atoms with E-state index in [9.17, 15) is 9.59 Å². The van der Waals surface area contributed by atoms with E-state index in [-0.39, 0.29) is 11.8 Å². The molecular weight excluding hydrogens is 230 g/mol. The predicted molar refractivity (Wildman–Crippen MR) is 71.1 cm³/mol. The van der Waals surface area contributed by atoms with Crippen molar-refractivity contribution in [1.82, 2.24) is 10.6 Å². The minimum atomic E-state index is -0.196. The van der Waals surface area contributed by atoms with Crippen LogP contribution in [0.4, 0.5) is 5.69 Å². The molecule has 0 unspecified atom stereocenters. The lowest BCUT2D eigenvalue weighted by molar-refractivity contribution is -0.120. The number of carbonyl (C=O) groups is 2. The van der Waals surface area contributed by atoms with Gasteiger partial charge in [0.1, 0.15) is 0 Å². The second-order valence-corrected chi connectivity index (χ2v) is 3.98. The van der Waals surface area contributed by atoms with Gasteiger partial charge in [-0.3, -0.25) is 9.59 Å². The van der Waals surface area contributed by atoms with Crippen molar-refractivity contribution < 1.29 is 9.59 Å². The largest absolute Gasteiger partial charge is 0.399 e. The number of nitrogens with one attached hydrogen (secondary N) is 2. The number of carbonyl (C=O) groups excluding carboxylic acids is 2. The van der Waals surface area contributed by atoms with Crippen molar-refractivity contribution in [3.05, 3.63) is 29.8 Å². The van der Waals surface area contributed by atoms with Crippen molar-refractivity contribution in [3.8, 4) is 0 Å². The van der Waals surface area contributed by atoms with Gasteiger partial charge in [0.2, 0.25) is 5.91 Å². The van der Waals surface area contributed by atoms with Gasteiger partial charge >= 0.3 is 0 Å². The van der Waals surface area contributed by atoms with Gasteiger partial charge in [0.05, 0.1) is 0 Å². The highest BCUT2D eigenvalue weighted by atomic mass is 16.2. The minimum Gasteiger partial charge on any atom is -0.399 e. The van der Waals surface area contributed by atoms with E-state index < -0.39 is 0 Å². The van der Waals surface area contributed by atoms with Gasteiger partial charge in [-0.1, -0.05) is 6.92 Å². The highest BCUT2D eigenvalue weighted by molar-refractivity contribution is 5.94. The molecule has 0 radical (unpaired) electrons. The van der Waals surface area contributed by atoms with Crippen LogP contribution in [0.1, 0.15) is 30.1 Å². The number of benzene rings is 1. The van der Waals surface area contributed by atoms with Crippen LogP contribution in [-0.4, -0.2) is 24.9 Å². The lowest BCUT2D eigenvalue weighted by Crippen LogP contribution is -2.31. The first kappa shape index (κ1) is 14.0. The van der Waals surface area contributed by atoms with Gasteiger partial charge in [-0.2, -0.15) is 0 Å². The van der Waals surface area contributed by atoms with Gasteiger partial charge in [-0.15, -0.1) is 0 Å². The van der Waals surface area contributed by atoms with E-state index in [0.29, 0.717) is 30.8 Å². The predicted octanol–water partition coefficient (Wildman–Crippen LogP) is 0.915. The fourth-order valence-electron chi connectivity index (χ4n) is 1.38. The number of anilines is 1. The van der Waals surface area contributed by atoms with Gasteiger partial charge in [-0.25, -0.2) is 0 Å². The van der Waals surface area contributed by atoms with Crippen molar-refractivity contribution >= 4 is 17.5 Å². The van der Waals surface area contributed by atoms with Gasteiger partial charge in [0.25, 0.3) is 5.91 Å². The Balaban J connectivity index is 2.29. The molecule has 2 amide bonds. The molecule has 98 valence electrons. The average molecular weight is 249 g/mol. The summed E-state index contributed by atoms with van der Waals surface area (Å²) in [7, 11) is 0. The molecule has 0 aliphatic rings. The Bertz CT molecular complexity index is 401. The number of nitrogens with two attached hydrogens (primary N) is 1. The molecule has 5 nitrogen and oxygen atoms in total. The van der Waals surface area contributed by atoms with Crippen LogP contribution in [0.25, 0.3) is 0 Å². The second-order valence-electron chi connectivity index (χ2n) is 3.98. The maximum atomic E-state index is 11.7. The third-order valence-electron chi connectivity index (χ3n) is 2.38. The number of rotatable bonds is 6. The number of nitrogen functional groups attached to an aromatic ring is 1. The summed E-state index contributed by atoms with van der Waals surface area (Å²) in [5.74, 6) is -0.243. The van der Waals surface area contributed by atoms with E-state index in [1.807, 2.05) is 6.92 Å². The van der Waals surface area contributed by atoms with E-state index in [0.717, 1.165) is 6.42 Å². The van der Waals surface area contributed by atoms with Crippen molar-refractivity contribution in [3.63, 3.8) is 0 Å². The normalized spacial score (nSPS) is 9.83. The first-order valence-electron chi connectivity index (χ1n) is 6.04. The standard InChI is InChI=1S/C13H19N3O2/c1-2-8-15-12(17)7-9-16-13(18)10-3-5-11(14)6-4-10/h3-6H,2,7-9,14H2,1H3,(H,15,17)(H,16,18). The van der Waals surface area contributed by atoms with Crippen LogP contribution in [0.3, 0.4) is 0 Å². The molecule has 0 spiro atoms. The number of hydrogen-bond acceptors (Lipinski definition) is 3. The summed E-state index contributed by atoms with van der Waals surface area (Å²) >= 11 is 0. The highest BCUT2D eigenvalue weighted by Crippen LogP contribution is 2.04. The summed E-state index contributed by atoms with van der Waals surface area (Å²) < 4.78 is 0. The molecule has 0 atom stereocenters. The van der Waals surface area contributed by atoms with Gasteiger partial charge < -0.3 is 16.4 Å². The van der Waals surface area contributed by atoms with E-state index in [2.05, 4.69) is 10.6 Å². The van der Waals surface area contributed by atoms with Crippen molar-refractivity contribution in [2.24, 2.45) is 0 Å². The molecule has 0 saturated carbocycles. The van der Waals surface area contributed by atoms with Crippen molar-refractivity contribution in [1.29, 1.82) is 0 Å². The van der Waals surface area contributed by atoms with E-state index in [4.69, 9.17) is 5.73 Å². The molecule has 0 aliphatic heterocycles. The molecule has 5 heteroatoms.